The second-order valence-electron chi connectivity index (χ2n) is 16.6. The first-order valence-corrected chi connectivity index (χ1v) is 18.6. The Hall–Kier alpha value is -6.07. The van der Waals surface area contributed by atoms with Gasteiger partial charge in [0.05, 0.1) is 16.8 Å². The molecule has 0 saturated heterocycles. The van der Waals surface area contributed by atoms with E-state index in [0.717, 1.165) is 39.3 Å². The minimum Gasteiger partial charge on any atom is -0.507 e. The van der Waals surface area contributed by atoms with Crippen molar-refractivity contribution in [3.63, 3.8) is 0 Å². The number of rotatable bonds is 4. The van der Waals surface area contributed by atoms with Crippen molar-refractivity contribution in [2.45, 2.75) is 57.8 Å². The van der Waals surface area contributed by atoms with Crippen LogP contribution >= 0.6 is 0 Å². The van der Waals surface area contributed by atoms with Crippen molar-refractivity contribution >= 4 is 17.2 Å². The van der Waals surface area contributed by atoms with Crippen molar-refractivity contribution in [3.8, 4) is 39.4 Å². The van der Waals surface area contributed by atoms with Crippen LogP contribution in [0.3, 0.4) is 0 Å². The van der Waals surface area contributed by atoms with Crippen LogP contribution in [0.5, 0.6) is 5.75 Å². The van der Waals surface area contributed by atoms with Gasteiger partial charge >= 0.3 is 0 Å². The quantitative estimate of drug-likeness (QED) is 0.185. The summed E-state index contributed by atoms with van der Waals surface area (Å²) in [7, 11) is 0. The fourth-order valence-electron chi connectivity index (χ4n) is 8.52. The minimum atomic E-state index is -0.637. The van der Waals surface area contributed by atoms with Crippen LogP contribution in [0.1, 0.15) is 74.9 Å². The number of hydrogen-bond donors (Lipinski definition) is 1. The second-order valence-corrected chi connectivity index (χ2v) is 16.6. The first-order valence-electron chi connectivity index (χ1n) is 18.6. The lowest BCUT2D eigenvalue weighted by Crippen LogP contribution is -2.26. The molecule has 0 saturated carbocycles. The topological polar surface area (TPSA) is 49.2 Å². The molecule has 0 bridgehead atoms. The molecule has 0 amide bonds. The Labute approximate surface area is 316 Å². The van der Waals surface area contributed by atoms with E-state index in [4.69, 9.17) is 4.98 Å². The number of nitrogens with zero attached hydrogens (tertiary/aromatic N) is 3. The summed E-state index contributed by atoms with van der Waals surface area (Å²) in [5.74, 6) is 0.382. The molecule has 2 aliphatic rings. The fourth-order valence-corrected chi connectivity index (χ4v) is 8.52. The Kier molecular flexibility index (Phi) is 7.48. The number of aromatic hydroxyl groups is 1. The van der Waals surface area contributed by atoms with Crippen molar-refractivity contribution in [2.75, 3.05) is 4.90 Å². The number of fused-ring (bicyclic) bond motifs is 10. The number of pyridine rings is 2. The average Bonchev–Trinajstić information content (AvgIpc) is 3.62. The molecule has 0 atom stereocenters. The second kappa shape index (κ2) is 12.0. The summed E-state index contributed by atoms with van der Waals surface area (Å²) in [4.78, 5) is 12.0. The molecule has 2 aromatic heterocycles. The van der Waals surface area contributed by atoms with Gasteiger partial charge in [-0.3, -0.25) is 4.90 Å². The molecule has 0 aliphatic heterocycles. The summed E-state index contributed by atoms with van der Waals surface area (Å²) >= 11 is 0. The van der Waals surface area contributed by atoms with Gasteiger partial charge in [0.15, 0.2) is 0 Å². The third-order valence-corrected chi connectivity index (χ3v) is 11.2. The van der Waals surface area contributed by atoms with Crippen LogP contribution in [0.2, 0.25) is 0 Å². The van der Waals surface area contributed by atoms with Gasteiger partial charge in [-0.15, -0.1) is 0 Å². The number of hydrogen-bond acceptors (Lipinski definition) is 4. The van der Waals surface area contributed by atoms with Crippen molar-refractivity contribution in [2.24, 2.45) is 0 Å². The summed E-state index contributed by atoms with van der Waals surface area (Å²) in [5, 5.41) is 11.7. The molecular formula is C49H42FN3O. The molecule has 1 N–H and O–H groups in total. The summed E-state index contributed by atoms with van der Waals surface area (Å²) in [6.07, 6.45) is 0. The number of benzene rings is 5. The molecule has 0 fully saturated rings. The first-order chi connectivity index (χ1) is 25.9. The van der Waals surface area contributed by atoms with Crippen molar-refractivity contribution < 1.29 is 9.50 Å². The van der Waals surface area contributed by atoms with Gasteiger partial charge in [0, 0.05) is 22.5 Å². The van der Waals surface area contributed by atoms with E-state index in [1.807, 2.05) is 30.3 Å². The van der Waals surface area contributed by atoms with Gasteiger partial charge in [-0.05, 0) is 104 Å². The molecule has 266 valence electrons. The molecule has 5 heteroatoms. The van der Waals surface area contributed by atoms with Gasteiger partial charge in [0.1, 0.15) is 11.6 Å². The zero-order chi connectivity index (χ0) is 37.6. The van der Waals surface area contributed by atoms with E-state index >= 15 is 0 Å². The Balaban J connectivity index is 1.33. The van der Waals surface area contributed by atoms with Crippen molar-refractivity contribution in [3.05, 3.63) is 179 Å². The molecule has 2 heterocycles. The number of halogens is 1. The molecule has 54 heavy (non-hydrogen) atoms. The normalized spacial score (nSPS) is 13.7. The summed E-state index contributed by atoms with van der Waals surface area (Å²) in [6, 6.07) is 47.2. The summed E-state index contributed by atoms with van der Waals surface area (Å²) in [6.45, 7) is 13.4. The summed E-state index contributed by atoms with van der Waals surface area (Å²) < 4.78 is 14.4. The fraction of sp³-hybridized carbons (Fsp3) is 0.184. The third kappa shape index (κ3) is 5.09. The van der Waals surface area contributed by atoms with E-state index in [-0.39, 0.29) is 16.6 Å². The van der Waals surface area contributed by atoms with Gasteiger partial charge in [-0.1, -0.05) is 133 Å². The smallest absolute Gasteiger partial charge is 0.213 e. The van der Waals surface area contributed by atoms with Gasteiger partial charge in [-0.25, -0.2) is 9.97 Å². The molecule has 2 aliphatic carbocycles. The van der Waals surface area contributed by atoms with Crippen molar-refractivity contribution in [1.82, 2.24) is 9.97 Å². The molecule has 1 spiro atoms. The number of anilines is 3. The molecule has 0 radical (unpaired) electrons. The Morgan fingerprint density at radius 3 is 1.81 bits per heavy atom. The maximum Gasteiger partial charge on any atom is 0.213 e. The van der Waals surface area contributed by atoms with E-state index in [2.05, 4.69) is 142 Å². The average molecular weight is 708 g/mol. The van der Waals surface area contributed by atoms with Crippen LogP contribution in [-0.4, -0.2) is 15.1 Å². The maximum absolute atomic E-state index is 14.4. The highest BCUT2D eigenvalue weighted by molar-refractivity contribution is 5.96. The molecular weight excluding hydrogens is 666 g/mol. The highest BCUT2D eigenvalue weighted by atomic mass is 19.1. The van der Waals surface area contributed by atoms with Gasteiger partial charge < -0.3 is 5.11 Å². The van der Waals surface area contributed by atoms with Crippen LogP contribution < -0.4 is 4.90 Å². The highest BCUT2D eigenvalue weighted by Gasteiger charge is 2.53. The van der Waals surface area contributed by atoms with Gasteiger partial charge in [0.25, 0.3) is 0 Å². The maximum atomic E-state index is 14.4. The standard InChI is InChI=1S/C49H42FN3O/c1-47(2,3)31-27-32(48(4,5)6)29-34(28-31)53(33-15-11-14-30(26-33)41-21-13-23-43(50)51-41)44-25-24-40-46(52-44)45-39(20-12-22-42(45)54)49(40)37-18-9-7-16-35(37)36-17-8-10-19-38(36)49/h7-29,54H,1-6H3. The molecule has 9 rings (SSSR count). The number of aromatic nitrogens is 2. The zero-order valence-electron chi connectivity index (χ0n) is 31.4. The van der Waals surface area contributed by atoms with Crippen LogP contribution in [0.25, 0.3) is 33.6 Å². The summed E-state index contributed by atoms with van der Waals surface area (Å²) in [5.41, 5.74) is 13.0. The highest BCUT2D eigenvalue weighted by Crippen LogP contribution is 2.64. The van der Waals surface area contributed by atoms with E-state index < -0.39 is 11.4 Å². The largest absolute Gasteiger partial charge is 0.507 e. The van der Waals surface area contributed by atoms with Crippen LogP contribution in [0.4, 0.5) is 21.6 Å². The van der Waals surface area contributed by atoms with Gasteiger partial charge in [0.2, 0.25) is 5.95 Å². The molecule has 7 aromatic rings. The monoisotopic (exact) mass is 707 g/mol. The lowest BCUT2D eigenvalue weighted by atomic mass is 9.71. The Morgan fingerprint density at radius 2 is 1.17 bits per heavy atom. The molecule has 5 aromatic carbocycles. The predicted octanol–water partition coefficient (Wildman–Crippen LogP) is 12.4. The number of phenolic OH excluding ortho intramolecular Hbond substituents is 1. The lowest BCUT2D eigenvalue weighted by molar-refractivity contribution is 0.476. The number of phenols is 1. The molecule has 4 nitrogen and oxygen atoms in total. The minimum absolute atomic E-state index is 0.124. The third-order valence-electron chi connectivity index (χ3n) is 11.2. The Morgan fingerprint density at radius 1 is 0.556 bits per heavy atom. The van der Waals surface area contributed by atoms with Gasteiger partial charge in [-0.2, -0.15) is 4.39 Å². The van der Waals surface area contributed by atoms with E-state index in [1.54, 1.807) is 12.1 Å². The molecule has 0 unspecified atom stereocenters. The predicted molar refractivity (Wildman–Crippen MR) is 217 cm³/mol. The van der Waals surface area contributed by atoms with Crippen LogP contribution in [-0.2, 0) is 16.2 Å². The van der Waals surface area contributed by atoms with E-state index in [1.165, 1.54) is 39.4 Å². The first kappa shape index (κ1) is 33.7. The van der Waals surface area contributed by atoms with E-state index in [0.29, 0.717) is 11.5 Å². The van der Waals surface area contributed by atoms with E-state index in [9.17, 15) is 9.50 Å². The zero-order valence-corrected chi connectivity index (χ0v) is 31.4. The van der Waals surface area contributed by atoms with Crippen LogP contribution in [0.15, 0.2) is 140 Å². The van der Waals surface area contributed by atoms with Crippen LogP contribution in [0, 0.1) is 5.95 Å². The SMILES string of the molecule is CC(C)(C)c1cc(N(c2cccc(-c3cccc(F)n3)c2)c2ccc3c(n2)-c2c(O)cccc2C32c3ccccc3-c3ccccc32)cc(C(C)(C)C)c1. The van der Waals surface area contributed by atoms with Crippen molar-refractivity contribution in [1.29, 1.82) is 0 Å². The Bertz CT molecular complexity index is 2550. The lowest BCUT2D eigenvalue weighted by Gasteiger charge is -2.32.